The highest BCUT2D eigenvalue weighted by atomic mass is 16.2. The zero-order valence-corrected chi connectivity index (χ0v) is 15.5. The van der Waals surface area contributed by atoms with Crippen LogP contribution in [0.2, 0.25) is 0 Å². The largest absolute Gasteiger partial charge is 0.317 e. The molecule has 0 unspecified atom stereocenters. The number of aromatic nitrogens is 5. The van der Waals surface area contributed by atoms with E-state index < -0.39 is 0 Å². The van der Waals surface area contributed by atoms with Crippen molar-refractivity contribution in [2.24, 2.45) is 7.05 Å². The third-order valence-electron chi connectivity index (χ3n) is 4.83. The predicted octanol–water partition coefficient (Wildman–Crippen LogP) is 2.03. The number of carbonyl (C=O) groups excluding carboxylic acids is 1. The summed E-state index contributed by atoms with van der Waals surface area (Å²) < 4.78 is 3.38. The molecule has 0 atom stereocenters. The lowest BCUT2D eigenvalue weighted by atomic mass is 9.98. The molecule has 8 heteroatoms. The Labute approximate surface area is 157 Å². The molecule has 1 aliphatic heterocycles. The number of anilines is 1. The van der Waals surface area contributed by atoms with Crippen LogP contribution in [-0.4, -0.2) is 43.5 Å². The summed E-state index contributed by atoms with van der Waals surface area (Å²) in [5, 5.41) is 15.1. The smallest absolute Gasteiger partial charge is 0.278 e. The van der Waals surface area contributed by atoms with Crippen LogP contribution in [0.1, 0.15) is 40.8 Å². The Bertz CT molecular complexity index is 938. The second-order valence-electron chi connectivity index (χ2n) is 6.81. The first kappa shape index (κ1) is 17.4. The predicted molar refractivity (Wildman–Crippen MR) is 102 cm³/mol. The Hall–Kier alpha value is -3.00. The van der Waals surface area contributed by atoms with Crippen LogP contribution < -0.4 is 10.6 Å². The van der Waals surface area contributed by atoms with Gasteiger partial charge in [0.15, 0.2) is 11.5 Å². The van der Waals surface area contributed by atoms with Gasteiger partial charge in [0.1, 0.15) is 0 Å². The molecule has 3 aromatic rings. The van der Waals surface area contributed by atoms with Crippen molar-refractivity contribution in [2.75, 3.05) is 18.4 Å². The maximum absolute atomic E-state index is 12.7. The van der Waals surface area contributed by atoms with Gasteiger partial charge in [-0.05, 0) is 51.1 Å². The number of rotatable bonds is 4. The zero-order valence-electron chi connectivity index (χ0n) is 15.5. The van der Waals surface area contributed by atoms with Gasteiger partial charge in [0.2, 0.25) is 5.95 Å². The van der Waals surface area contributed by atoms with Crippen LogP contribution >= 0.6 is 0 Å². The van der Waals surface area contributed by atoms with E-state index in [2.05, 4.69) is 25.8 Å². The average Bonchev–Trinajstić information content (AvgIpc) is 3.26. The van der Waals surface area contributed by atoms with Crippen LogP contribution in [-0.2, 0) is 7.05 Å². The van der Waals surface area contributed by atoms with Crippen molar-refractivity contribution in [1.29, 1.82) is 0 Å². The minimum absolute atomic E-state index is 0.292. The lowest BCUT2D eigenvalue weighted by Gasteiger charge is -2.19. The summed E-state index contributed by atoms with van der Waals surface area (Å²) in [5.74, 6) is 1.28. The summed E-state index contributed by atoms with van der Waals surface area (Å²) in [5.41, 5.74) is 2.16. The maximum Gasteiger partial charge on any atom is 0.278 e. The van der Waals surface area contributed by atoms with Crippen LogP contribution in [0.15, 0.2) is 36.4 Å². The van der Waals surface area contributed by atoms with E-state index in [4.69, 9.17) is 0 Å². The Morgan fingerprint density at radius 2 is 1.93 bits per heavy atom. The number of nitrogens with zero attached hydrogens (tertiary/aromatic N) is 5. The van der Waals surface area contributed by atoms with Gasteiger partial charge in [-0.3, -0.25) is 10.1 Å². The van der Waals surface area contributed by atoms with Crippen molar-refractivity contribution >= 4 is 11.9 Å². The third kappa shape index (κ3) is 3.61. The van der Waals surface area contributed by atoms with E-state index in [1.54, 1.807) is 22.5 Å². The highest BCUT2D eigenvalue weighted by molar-refractivity contribution is 6.02. The highest BCUT2D eigenvalue weighted by Crippen LogP contribution is 2.23. The number of carbonyl (C=O) groups is 1. The fourth-order valence-corrected chi connectivity index (χ4v) is 3.35. The quantitative estimate of drug-likeness (QED) is 0.738. The number of benzene rings is 1. The molecule has 27 heavy (non-hydrogen) atoms. The Kier molecular flexibility index (Phi) is 4.72. The molecule has 2 N–H and O–H groups in total. The van der Waals surface area contributed by atoms with E-state index in [1.165, 1.54) is 0 Å². The van der Waals surface area contributed by atoms with Gasteiger partial charge in [-0.15, -0.1) is 0 Å². The molecule has 1 amide bonds. The van der Waals surface area contributed by atoms with Crippen LogP contribution in [0.25, 0.3) is 5.69 Å². The van der Waals surface area contributed by atoms with Gasteiger partial charge in [0.25, 0.3) is 5.91 Å². The molecule has 2 aromatic heterocycles. The summed E-state index contributed by atoms with van der Waals surface area (Å²) in [6.07, 6.45) is 2.02. The van der Waals surface area contributed by atoms with Gasteiger partial charge in [-0.2, -0.15) is 15.2 Å². The molecule has 0 aliphatic carbocycles. The maximum atomic E-state index is 12.7. The SMILES string of the molecule is Cc1cc(C(=O)Nc2nc(C3CCNCC3)nn2C)nn1-c1ccccc1. The number of hydrogen-bond acceptors (Lipinski definition) is 5. The minimum Gasteiger partial charge on any atom is -0.317 e. The van der Waals surface area contributed by atoms with Gasteiger partial charge < -0.3 is 5.32 Å². The second kappa shape index (κ2) is 7.32. The first-order valence-corrected chi connectivity index (χ1v) is 9.17. The molecule has 140 valence electrons. The number of nitrogens with one attached hydrogen (secondary N) is 2. The molecule has 0 spiro atoms. The lowest BCUT2D eigenvalue weighted by Crippen LogP contribution is -2.27. The van der Waals surface area contributed by atoms with E-state index >= 15 is 0 Å². The first-order valence-electron chi connectivity index (χ1n) is 9.17. The van der Waals surface area contributed by atoms with Gasteiger partial charge in [0.05, 0.1) is 5.69 Å². The molecule has 1 fully saturated rings. The zero-order chi connectivity index (χ0) is 18.8. The van der Waals surface area contributed by atoms with Crippen LogP contribution in [0, 0.1) is 6.92 Å². The van der Waals surface area contributed by atoms with Crippen molar-refractivity contribution < 1.29 is 4.79 Å². The van der Waals surface area contributed by atoms with Gasteiger partial charge in [0, 0.05) is 18.7 Å². The molecule has 1 aromatic carbocycles. The number of amides is 1. The third-order valence-corrected chi connectivity index (χ3v) is 4.83. The number of piperidine rings is 1. The monoisotopic (exact) mass is 365 g/mol. The summed E-state index contributed by atoms with van der Waals surface area (Å²) in [7, 11) is 1.79. The van der Waals surface area contributed by atoms with Crippen LogP contribution in [0.4, 0.5) is 5.95 Å². The molecular formula is C19H23N7O. The van der Waals surface area contributed by atoms with Crippen molar-refractivity contribution in [3.8, 4) is 5.69 Å². The Balaban J connectivity index is 1.52. The van der Waals surface area contributed by atoms with E-state index in [0.29, 0.717) is 17.6 Å². The minimum atomic E-state index is -0.292. The molecule has 8 nitrogen and oxygen atoms in total. The fraction of sp³-hybridized carbons (Fsp3) is 0.368. The Morgan fingerprint density at radius 3 is 2.67 bits per heavy atom. The molecule has 0 bridgehead atoms. The average molecular weight is 365 g/mol. The van der Waals surface area contributed by atoms with Crippen LogP contribution in [0.5, 0.6) is 0 Å². The molecule has 1 saturated heterocycles. The van der Waals surface area contributed by atoms with Crippen molar-refractivity contribution in [2.45, 2.75) is 25.7 Å². The van der Waals surface area contributed by atoms with E-state index in [9.17, 15) is 4.79 Å². The summed E-state index contributed by atoms with van der Waals surface area (Å²) in [6.45, 7) is 3.87. The van der Waals surface area contributed by atoms with Crippen LogP contribution in [0.3, 0.4) is 0 Å². The fourth-order valence-electron chi connectivity index (χ4n) is 3.35. The summed E-state index contributed by atoms with van der Waals surface area (Å²) >= 11 is 0. The molecule has 3 heterocycles. The molecular weight excluding hydrogens is 342 g/mol. The first-order chi connectivity index (χ1) is 13.1. The van der Waals surface area contributed by atoms with Gasteiger partial charge in [-0.25, -0.2) is 9.36 Å². The summed E-state index contributed by atoms with van der Waals surface area (Å²) in [6, 6.07) is 11.5. The van der Waals surface area contributed by atoms with Gasteiger partial charge >= 0.3 is 0 Å². The molecule has 0 saturated carbocycles. The normalized spacial score (nSPS) is 15.0. The number of hydrogen-bond donors (Lipinski definition) is 2. The standard InChI is InChI=1S/C19H23N7O/c1-13-12-16(23-26(13)15-6-4-3-5-7-15)18(27)22-19-21-17(24-25(19)2)14-8-10-20-11-9-14/h3-7,12,14,20H,8-11H2,1-2H3,(H,21,22,24,27). The number of aryl methyl sites for hydroxylation is 2. The topological polar surface area (TPSA) is 89.7 Å². The van der Waals surface area contributed by atoms with E-state index in [1.807, 2.05) is 37.3 Å². The summed E-state index contributed by atoms with van der Waals surface area (Å²) in [4.78, 5) is 17.2. The highest BCUT2D eigenvalue weighted by Gasteiger charge is 2.22. The van der Waals surface area contributed by atoms with Gasteiger partial charge in [-0.1, -0.05) is 18.2 Å². The molecule has 1 aliphatic rings. The second-order valence-corrected chi connectivity index (χ2v) is 6.81. The van der Waals surface area contributed by atoms with E-state index in [-0.39, 0.29) is 5.91 Å². The lowest BCUT2D eigenvalue weighted by molar-refractivity contribution is 0.102. The Morgan fingerprint density at radius 1 is 1.19 bits per heavy atom. The van der Waals surface area contributed by atoms with Crippen molar-refractivity contribution in [1.82, 2.24) is 29.9 Å². The van der Waals surface area contributed by atoms with E-state index in [0.717, 1.165) is 43.1 Å². The molecule has 0 radical (unpaired) electrons. The number of para-hydroxylation sites is 1. The van der Waals surface area contributed by atoms with Crippen molar-refractivity contribution in [3.63, 3.8) is 0 Å². The molecule has 4 rings (SSSR count). The van der Waals surface area contributed by atoms with Crippen molar-refractivity contribution in [3.05, 3.63) is 53.6 Å².